The SMILES string of the molecule is Cc1cc2nc(N3C[C@@H]4C[C@@H]3CN4C)nc(Nc3cc(C4CC4)[nH]n3)c2s1. The standard InChI is InChI=1S/C19H23N7S/c1-10-5-15-17(27-10)18(21-16-7-14(23-24-16)11-3-4-11)22-19(20-15)26-9-12-6-13(26)8-25(12)2/h5,7,11-13H,3-4,6,8-9H2,1-2H3,(H2,20,21,22,23,24)/t12-,13+/m0/s1. The van der Waals surface area contributed by atoms with Crippen molar-refractivity contribution in [1.29, 1.82) is 0 Å². The van der Waals surface area contributed by atoms with E-state index >= 15 is 0 Å². The van der Waals surface area contributed by atoms with Crippen molar-refractivity contribution < 1.29 is 0 Å². The molecule has 6 rings (SSSR count). The van der Waals surface area contributed by atoms with Gasteiger partial charge in [0.25, 0.3) is 0 Å². The Morgan fingerprint density at radius 3 is 2.81 bits per heavy atom. The number of aryl methyl sites for hydroxylation is 1. The molecule has 2 saturated heterocycles. The maximum Gasteiger partial charge on any atom is 0.228 e. The Morgan fingerprint density at radius 2 is 2.07 bits per heavy atom. The molecule has 3 aliphatic rings. The molecule has 0 unspecified atom stereocenters. The van der Waals surface area contributed by atoms with Crippen molar-refractivity contribution >= 4 is 39.1 Å². The number of likely N-dealkylation sites (N-methyl/N-ethyl adjacent to an activating group) is 1. The van der Waals surface area contributed by atoms with Crippen molar-refractivity contribution in [2.75, 3.05) is 30.4 Å². The lowest BCUT2D eigenvalue weighted by Gasteiger charge is -2.32. The minimum atomic E-state index is 0.525. The molecule has 2 bridgehead atoms. The lowest BCUT2D eigenvalue weighted by molar-refractivity contribution is 0.291. The zero-order valence-corrected chi connectivity index (χ0v) is 16.4. The number of hydrogen-bond donors (Lipinski definition) is 2. The van der Waals surface area contributed by atoms with E-state index in [1.165, 1.54) is 29.8 Å². The van der Waals surface area contributed by atoms with Gasteiger partial charge in [-0.2, -0.15) is 10.1 Å². The van der Waals surface area contributed by atoms with Gasteiger partial charge in [0.05, 0.1) is 10.2 Å². The van der Waals surface area contributed by atoms with Crippen LogP contribution in [0.2, 0.25) is 0 Å². The van der Waals surface area contributed by atoms with Crippen molar-refractivity contribution in [3.8, 4) is 0 Å². The van der Waals surface area contributed by atoms with Crippen LogP contribution in [0.1, 0.15) is 35.8 Å². The van der Waals surface area contributed by atoms with E-state index in [0.717, 1.165) is 40.9 Å². The summed E-state index contributed by atoms with van der Waals surface area (Å²) in [7, 11) is 2.22. The topological polar surface area (TPSA) is 73.0 Å². The molecule has 3 aromatic rings. The van der Waals surface area contributed by atoms with Gasteiger partial charge in [0.15, 0.2) is 11.6 Å². The van der Waals surface area contributed by atoms with Gasteiger partial charge in [-0.15, -0.1) is 11.3 Å². The Hall–Kier alpha value is -2.19. The molecular weight excluding hydrogens is 358 g/mol. The number of aromatic nitrogens is 4. The number of aromatic amines is 1. The number of nitrogens with one attached hydrogen (secondary N) is 2. The van der Waals surface area contributed by atoms with Crippen LogP contribution in [-0.2, 0) is 0 Å². The van der Waals surface area contributed by atoms with E-state index in [9.17, 15) is 0 Å². The minimum absolute atomic E-state index is 0.525. The number of nitrogens with zero attached hydrogens (tertiary/aromatic N) is 5. The molecule has 1 aliphatic carbocycles. The third-order valence-electron chi connectivity index (χ3n) is 6.12. The molecule has 2 aliphatic heterocycles. The van der Waals surface area contributed by atoms with Crippen LogP contribution >= 0.6 is 11.3 Å². The van der Waals surface area contributed by atoms with E-state index in [1.807, 2.05) is 0 Å². The first-order chi connectivity index (χ1) is 13.1. The summed E-state index contributed by atoms with van der Waals surface area (Å²) in [6.45, 7) is 4.24. The highest BCUT2D eigenvalue weighted by Crippen LogP contribution is 2.40. The Kier molecular flexibility index (Phi) is 3.31. The molecule has 2 atom stereocenters. The second-order valence-corrected chi connectivity index (χ2v) is 9.44. The van der Waals surface area contributed by atoms with Gasteiger partial charge in [0, 0.05) is 47.7 Å². The van der Waals surface area contributed by atoms with Crippen LogP contribution in [0.5, 0.6) is 0 Å². The highest BCUT2D eigenvalue weighted by atomic mass is 32.1. The van der Waals surface area contributed by atoms with E-state index < -0.39 is 0 Å². The molecule has 0 aromatic carbocycles. The van der Waals surface area contributed by atoms with Crippen LogP contribution in [0.4, 0.5) is 17.6 Å². The minimum Gasteiger partial charge on any atom is -0.335 e. The van der Waals surface area contributed by atoms with E-state index in [4.69, 9.17) is 9.97 Å². The normalized spacial score (nSPS) is 25.0. The van der Waals surface area contributed by atoms with Gasteiger partial charge in [0.1, 0.15) is 0 Å². The zero-order chi connectivity index (χ0) is 18.1. The predicted octanol–water partition coefficient (Wildman–Crippen LogP) is 3.24. The first-order valence-electron chi connectivity index (χ1n) is 9.71. The fourth-order valence-electron chi connectivity index (χ4n) is 4.49. The summed E-state index contributed by atoms with van der Waals surface area (Å²) < 4.78 is 1.11. The van der Waals surface area contributed by atoms with Crippen LogP contribution in [0, 0.1) is 6.92 Å². The molecule has 3 fully saturated rings. The first-order valence-corrected chi connectivity index (χ1v) is 10.5. The number of fused-ring (bicyclic) bond motifs is 3. The Morgan fingerprint density at radius 1 is 1.19 bits per heavy atom. The molecule has 2 N–H and O–H groups in total. The molecule has 27 heavy (non-hydrogen) atoms. The fourth-order valence-corrected chi connectivity index (χ4v) is 5.38. The quantitative estimate of drug-likeness (QED) is 0.723. The summed E-state index contributed by atoms with van der Waals surface area (Å²) in [6.07, 6.45) is 3.74. The molecule has 5 heterocycles. The average Bonchev–Trinajstić information content (AvgIpc) is 2.97. The number of H-pyrrole nitrogens is 1. The largest absolute Gasteiger partial charge is 0.335 e. The number of thiophene rings is 1. The molecule has 7 nitrogen and oxygen atoms in total. The smallest absolute Gasteiger partial charge is 0.228 e. The van der Waals surface area contributed by atoms with Crippen LogP contribution in [0.3, 0.4) is 0 Å². The third kappa shape index (κ3) is 2.62. The number of piperazine rings is 1. The van der Waals surface area contributed by atoms with Gasteiger partial charge in [-0.25, -0.2) is 4.98 Å². The van der Waals surface area contributed by atoms with Gasteiger partial charge >= 0.3 is 0 Å². The van der Waals surface area contributed by atoms with E-state index in [0.29, 0.717) is 18.0 Å². The Bertz CT molecular complexity index is 1020. The molecule has 140 valence electrons. The number of rotatable bonds is 4. The van der Waals surface area contributed by atoms with Gasteiger partial charge in [0.2, 0.25) is 5.95 Å². The van der Waals surface area contributed by atoms with Crippen LogP contribution < -0.4 is 10.2 Å². The summed E-state index contributed by atoms with van der Waals surface area (Å²) in [5, 5.41) is 11.1. The van der Waals surface area contributed by atoms with Crippen molar-refractivity contribution in [3.05, 3.63) is 22.7 Å². The monoisotopic (exact) mass is 381 g/mol. The molecule has 0 radical (unpaired) electrons. The van der Waals surface area contributed by atoms with Crippen LogP contribution in [-0.4, -0.2) is 57.3 Å². The summed E-state index contributed by atoms with van der Waals surface area (Å²) in [6, 6.07) is 5.44. The Labute approximate surface area is 161 Å². The third-order valence-corrected chi connectivity index (χ3v) is 7.16. The Balaban J connectivity index is 1.37. The molecule has 3 aromatic heterocycles. The molecule has 1 saturated carbocycles. The van der Waals surface area contributed by atoms with Crippen LogP contribution in [0.15, 0.2) is 12.1 Å². The summed E-state index contributed by atoms with van der Waals surface area (Å²) in [5.41, 5.74) is 2.25. The number of likely N-dealkylation sites (tertiary alicyclic amines) is 1. The van der Waals surface area contributed by atoms with Crippen LogP contribution in [0.25, 0.3) is 10.2 Å². The maximum absolute atomic E-state index is 4.95. The first kappa shape index (κ1) is 15.8. The highest BCUT2D eigenvalue weighted by Gasteiger charge is 2.42. The second kappa shape index (κ2) is 5.65. The van der Waals surface area contributed by atoms with Crippen molar-refractivity contribution in [3.63, 3.8) is 0 Å². The lowest BCUT2D eigenvalue weighted by atomic mass is 10.2. The molecule has 0 spiro atoms. The zero-order valence-electron chi connectivity index (χ0n) is 15.6. The summed E-state index contributed by atoms with van der Waals surface area (Å²) in [4.78, 5) is 16.0. The predicted molar refractivity (Wildman–Crippen MR) is 108 cm³/mol. The van der Waals surface area contributed by atoms with E-state index in [-0.39, 0.29) is 0 Å². The van der Waals surface area contributed by atoms with E-state index in [2.05, 4.69) is 51.4 Å². The summed E-state index contributed by atoms with van der Waals surface area (Å²) >= 11 is 1.74. The molecule has 8 heteroatoms. The maximum atomic E-state index is 4.95. The van der Waals surface area contributed by atoms with Gasteiger partial charge < -0.3 is 10.2 Å². The highest BCUT2D eigenvalue weighted by molar-refractivity contribution is 7.19. The fraction of sp³-hybridized carbons (Fsp3) is 0.526. The van der Waals surface area contributed by atoms with Crippen molar-refractivity contribution in [1.82, 2.24) is 25.1 Å². The van der Waals surface area contributed by atoms with Gasteiger partial charge in [-0.05, 0) is 39.3 Å². The lowest BCUT2D eigenvalue weighted by Crippen LogP contribution is -2.45. The van der Waals surface area contributed by atoms with E-state index in [1.54, 1.807) is 11.3 Å². The number of hydrogen-bond acceptors (Lipinski definition) is 7. The van der Waals surface area contributed by atoms with Crippen molar-refractivity contribution in [2.45, 2.75) is 44.2 Å². The van der Waals surface area contributed by atoms with Gasteiger partial charge in [-0.1, -0.05) is 0 Å². The average molecular weight is 382 g/mol. The second-order valence-electron chi connectivity index (χ2n) is 8.19. The van der Waals surface area contributed by atoms with Gasteiger partial charge in [-0.3, -0.25) is 10.00 Å². The number of anilines is 3. The molecular formula is C19H23N7S. The molecule has 0 amide bonds. The van der Waals surface area contributed by atoms with Crippen molar-refractivity contribution in [2.24, 2.45) is 0 Å². The summed E-state index contributed by atoms with van der Waals surface area (Å²) in [5.74, 6) is 3.23.